The van der Waals surface area contributed by atoms with Crippen molar-refractivity contribution in [1.29, 1.82) is 0 Å². The quantitative estimate of drug-likeness (QED) is 0.799. The third-order valence-electron chi connectivity index (χ3n) is 3.05. The van der Waals surface area contributed by atoms with Gasteiger partial charge in [0, 0.05) is 6.04 Å². The van der Waals surface area contributed by atoms with Crippen molar-refractivity contribution < 1.29 is 4.74 Å². The summed E-state index contributed by atoms with van der Waals surface area (Å²) in [6.45, 7) is 7.11. The summed E-state index contributed by atoms with van der Waals surface area (Å²) < 4.78 is 5.60. The van der Waals surface area contributed by atoms with Gasteiger partial charge in [-0.2, -0.15) is 0 Å². The highest BCUT2D eigenvalue weighted by Crippen LogP contribution is 2.21. The van der Waals surface area contributed by atoms with Crippen molar-refractivity contribution in [3.63, 3.8) is 0 Å². The summed E-state index contributed by atoms with van der Waals surface area (Å²) in [5.74, 6) is 1.53. The molecule has 0 bridgehead atoms. The second-order valence-electron chi connectivity index (χ2n) is 4.36. The van der Waals surface area contributed by atoms with Crippen LogP contribution in [0.1, 0.15) is 45.1 Å². The van der Waals surface area contributed by atoms with Gasteiger partial charge in [-0.3, -0.25) is 0 Å². The molecule has 0 heterocycles. The average molecular weight is 221 g/mol. The van der Waals surface area contributed by atoms with Gasteiger partial charge in [-0.15, -0.1) is 0 Å². The summed E-state index contributed by atoms with van der Waals surface area (Å²) in [4.78, 5) is 0. The average Bonchev–Trinajstić information content (AvgIpc) is 2.35. The zero-order valence-electron chi connectivity index (χ0n) is 10.6. The molecule has 2 unspecified atom stereocenters. The Kier molecular flexibility index (Phi) is 5.33. The third-order valence-corrected chi connectivity index (χ3v) is 3.05. The Morgan fingerprint density at radius 2 is 1.75 bits per heavy atom. The summed E-state index contributed by atoms with van der Waals surface area (Å²) in [6.07, 6.45) is 2.12. The Balaban J connectivity index is 2.51. The van der Waals surface area contributed by atoms with Gasteiger partial charge in [0.15, 0.2) is 0 Å². The van der Waals surface area contributed by atoms with E-state index >= 15 is 0 Å². The molecule has 16 heavy (non-hydrogen) atoms. The lowest BCUT2D eigenvalue weighted by Gasteiger charge is -2.13. The van der Waals surface area contributed by atoms with Crippen LogP contribution < -0.4 is 10.5 Å². The minimum atomic E-state index is 0.134. The number of nitrogens with two attached hydrogens (primary N) is 1. The van der Waals surface area contributed by atoms with E-state index < -0.39 is 0 Å². The molecule has 0 aliphatic heterocycles. The molecule has 0 saturated heterocycles. The van der Waals surface area contributed by atoms with E-state index in [0.717, 1.165) is 12.2 Å². The Morgan fingerprint density at radius 1 is 1.12 bits per heavy atom. The first kappa shape index (κ1) is 13.0. The van der Waals surface area contributed by atoms with Crippen LogP contribution in [0.3, 0.4) is 0 Å². The molecule has 0 fully saturated rings. The standard InChI is InChI=1S/C14H23NO/c1-4-11(3)12-6-8-14(9-7-12)16-10-13(15)5-2/h6-9,11,13H,4-5,10,15H2,1-3H3. The zero-order valence-corrected chi connectivity index (χ0v) is 10.6. The van der Waals surface area contributed by atoms with Crippen molar-refractivity contribution in [3.05, 3.63) is 29.8 Å². The van der Waals surface area contributed by atoms with Crippen LogP contribution in [0.4, 0.5) is 0 Å². The largest absolute Gasteiger partial charge is 0.492 e. The normalized spacial score (nSPS) is 14.5. The van der Waals surface area contributed by atoms with Gasteiger partial charge < -0.3 is 10.5 Å². The lowest BCUT2D eigenvalue weighted by atomic mass is 9.99. The van der Waals surface area contributed by atoms with E-state index in [1.165, 1.54) is 12.0 Å². The maximum atomic E-state index is 5.80. The second-order valence-corrected chi connectivity index (χ2v) is 4.36. The van der Waals surface area contributed by atoms with E-state index in [-0.39, 0.29) is 6.04 Å². The van der Waals surface area contributed by atoms with E-state index in [4.69, 9.17) is 10.5 Å². The van der Waals surface area contributed by atoms with Crippen LogP contribution in [-0.2, 0) is 0 Å². The minimum absolute atomic E-state index is 0.134. The molecule has 0 amide bonds. The van der Waals surface area contributed by atoms with Crippen molar-refractivity contribution in [2.45, 2.75) is 45.6 Å². The number of hydrogen-bond donors (Lipinski definition) is 1. The monoisotopic (exact) mass is 221 g/mol. The maximum absolute atomic E-state index is 5.80. The van der Waals surface area contributed by atoms with Gasteiger partial charge >= 0.3 is 0 Å². The molecule has 0 radical (unpaired) electrons. The molecule has 1 aromatic carbocycles. The van der Waals surface area contributed by atoms with Crippen LogP contribution >= 0.6 is 0 Å². The topological polar surface area (TPSA) is 35.2 Å². The third kappa shape index (κ3) is 3.86. The summed E-state index contributed by atoms with van der Waals surface area (Å²) in [6, 6.07) is 8.48. The fourth-order valence-corrected chi connectivity index (χ4v) is 1.45. The summed E-state index contributed by atoms with van der Waals surface area (Å²) in [5.41, 5.74) is 7.17. The molecular formula is C14H23NO. The van der Waals surface area contributed by atoms with Crippen LogP contribution in [0, 0.1) is 0 Å². The van der Waals surface area contributed by atoms with Crippen LogP contribution in [0.25, 0.3) is 0 Å². The predicted molar refractivity (Wildman–Crippen MR) is 68.9 cm³/mol. The van der Waals surface area contributed by atoms with E-state index in [0.29, 0.717) is 12.5 Å². The van der Waals surface area contributed by atoms with E-state index in [2.05, 4.69) is 32.9 Å². The smallest absolute Gasteiger partial charge is 0.119 e. The SMILES string of the molecule is CCC(N)COc1ccc(C(C)CC)cc1. The van der Waals surface area contributed by atoms with E-state index in [9.17, 15) is 0 Å². The highest BCUT2D eigenvalue weighted by Gasteiger charge is 2.04. The Hall–Kier alpha value is -1.02. The Bertz CT molecular complexity index is 294. The number of ether oxygens (including phenoxy) is 1. The molecule has 0 aliphatic rings. The lowest BCUT2D eigenvalue weighted by molar-refractivity contribution is 0.285. The van der Waals surface area contributed by atoms with Gasteiger partial charge in [-0.05, 0) is 36.5 Å². The molecule has 2 N–H and O–H groups in total. The van der Waals surface area contributed by atoms with Gasteiger partial charge in [0.1, 0.15) is 12.4 Å². The molecule has 0 aliphatic carbocycles. The van der Waals surface area contributed by atoms with Gasteiger partial charge in [0.25, 0.3) is 0 Å². The van der Waals surface area contributed by atoms with E-state index in [1.807, 2.05) is 12.1 Å². The van der Waals surface area contributed by atoms with Crippen molar-refractivity contribution in [1.82, 2.24) is 0 Å². The first-order chi connectivity index (χ1) is 7.67. The van der Waals surface area contributed by atoms with Gasteiger partial charge in [-0.1, -0.05) is 32.9 Å². The molecule has 0 spiro atoms. The van der Waals surface area contributed by atoms with Crippen LogP contribution in [0.2, 0.25) is 0 Å². The first-order valence-electron chi connectivity index (χ1n) is 6.15. The number of hydrogen-bond acceptors (Lipinski definition) is 2. The maximum Gasteiger partial charge on any atom is 0.119 e. The van der Waals surface area contributed by atoms with Gasteiger partial charge in [-0.25, -0.2) is 0 Å². The molecule has 2 heteroatoms. The first-order valence-corrected chi connectivity index (χ1v) is 6.15. The molecule has 90 valence electrons. The molecule has 1 rings (SSSR count). The molecule has 0 aromatic heterocycles. The van der Waals surface area contributed by atoms with Gasteiger partial charge in [0.2, 0.25) is 0 Å². The minimum Gasteiger partial charge on any atom is -0.492 e. The molecular weight excluding hydrogens is 198 g/mol. The van der Waals surface area contributed by atoms with E-state index in [1.54, 1.807) is 0 Å². The zero-order chi connectivity index (χ0) is 12.0. The lowest BCUT2D eigenvalue weighted by Crippen LogP contribution is -2.26. The van der Waals surface area contributed by atoms with Crippen molar-refractivity contribution >= 4 is 0 Å². The van der Waals surface area contributed by atoms with Gasteiger partial charge in [0.05, 0.1) is 0 Å². The summed E-state index contributed by atoms with van der Waals surface area (Å²) in [5, 5.41) is 0. The van der Waals surface area contributed by atoms with Crippen molar-refractivity contribution in [2.75, 3.05) is 6.61 Å². The highest BCUT2D eigenvalue weighted by atomic mass is 16.5. The fraction of sp³-hybridized carbons (Fsp3) is 0.571. The van der Waals surface area contributed by atoms with Crippen LogP contribution in [0.5, 0.6) is 5.75 Å². The summed E-state index contributed by atoms with van der Waals surface area (Å²) >= 11 is 0. The molecule has 2 atom stereocenters. The Labute approximate surface area is 98.8 Å². The molecule has 1 aromatic rings. The van der Waals surface area contributed by atoms with Crippen LogP contribution in [-0.4, -0.2) is 12.6 Å². The predicted octanol–water partition coefficient (Wildman–Crippen LogP) is 3.32. The Morgan fingerprint density at radius 3 is 2.25 bits per heavy atom. The highest BCUT2D eigenvalue weighted by molar-refractivity contribution is 5.29. The fourth-order valence-electron chi connectivity index (χ4n) is 1.45. The van der Waals surface area contributed by atoms with Crippen LogP contribution in [0.15, 0.2) is 24.3 Å². The molecule has 0 saturated carbocycles. The van der Waals surface area contributed by atoms with Crippen molar-refractivity contribution in [2.24, 2.45) is 5.73 Å². The summed E-state index contributed by atoms with van der Waals surface area (Å²) in [7, 11) is 0. The van der Waals surface area contributed by atoms with Crippen molar-refractivity contribution in [3.8, 4) is 5.75 Å². The second kappa shape index (κ2) is 6.54. The molecule has 2 nitrogen and oxygen atoms in total. The number of rotatable bonds is 6. The number of benzene rings is 1.